The largest absolute Gasteiger partial charge is 0.324 e. The summed E-state index contributed by atoms with van der Waals surface area (Å²) in [6, 6.07) is 10.7. The van der Waals surface area contributed by atoms with Crippen LogP contribution in [0, 0.1) is 12.7 Å². The van der Waals surface area contributed by atoms with Crippen molar-refractivity contribution in [3.63, 3.8) is 0 Å². The lowest BCUT2D eigenvalue weighted by Crippen LogP contribution is -2.15. The molecule has 19 heavy (non-hydrogen) atoms. The average Bonchev–Trinajstić information content (AvgIpc) is 2.38. The quantitative estimate of drug-likeness (QED) is 0.852. The van der Waals surface area contributed by atoms with Gasteiger partial charge in [-0.2, -0.15) is 0 Å². The molecule has 0 aliphatic rings. The predicted molar refractivity (Wildman–Crippen MR) is 80.9 cm³/mol. The van der Waals surface area contributed by atoms with Gasteiger partial charge in [-0.15, -0.1) is 0 Å². The van der Waals surface area contributed by atoms with E-state index in [1.165, 1.54) is 6.07 Å². The molecular weight excluding hydrogens is 329 g/mol. The number of halogens is 3. The summed E-state index contributed by atoms with van der Waals surface area (Å²) in [7, 11) is 0. The van der Waals surface area contributed by atoms with Crippen molar-refractivity contribution in [1.29, 1.82) is 0 Å². The van der Waals surface area contributed by atoms with Crippen LogP contribution in [0.25, 0.3) is 0 Å². The Morgan fingerprint density at radius 2 is 2.05 bits per heavy atom. The summed E-state index contributed by atoms with van der Waals surface area (Å²) < 4.78 is 14.8. The maximum atomic E-state index is 13.9. The molecule has 0 radical (unpaired) electrons. The normalized spacial score (nSPS) is 12.5. The number of aryl methyl sites for hydroxylation is 1. The zero-order valence-corrected chi connectivity index (χ0v) is 12.8. The first kappa shape index (κ1) is 14.5. The molecule has 1 nitrogen and oxygen atoms in total. The van der Waals surface area contributed by atoms with Crippen LogP contribution >= 0.6 is 27.5 Å². The Morgan fingerprint density at radius 3 is 2.79 bits per heavy atom. The molecule has 0 aliphatic carbocycles. The maximum Gasteiger partial charge on any atom is 0.145 e. The third-order valence-electron chi connectivity index (χ3n) is 3.02. The van der Waals surface area contributed by atoms with Crippen molar-refractivity contribution in [3.8, 4) is 0 Å². The lowest BCUT2D eigenvalue weighted by Gasteiger charge is -2.15. The summed E-state index contributed by atoms with van der Waals surface area (Å²) >= 11 is 9.25. The lowest BCUT2D eigenvalue weighted by molar-refractivity contribution is 0.593. The van der Waals surface area contributed by atoms with Gasteiger partial charge in [-0.25, -0.2) is 4.39 Å². The minimum absolute atomic E-state index is 0.132. The van der Waals surface area contributed by atoms with Gasteiger partial charge in [0.15, 0.2) is 0 Å². The van der Waals surface area contributed by atoms with Gasteiger partial charge in [-0.3, -0.25) is 0 Å². The fourth-order valence-corrected chi connectivity index (χ4v) is 2.74. The van der Waals surface area contributed by atoms with E-state index in [2.05, 4.69) is 15.9 Å². The number of hydrogen-bond acceptors (Lipinski definition) is 1. The molecule has 2 N–H and O–H groups in total. The second kappa shape index (κ2) is 6.04. The molecule has 4 heteroatoms. The van der Waals surface area contributed by atoms with Crippen molar-refractivity contribution in [2.75, 3.05) is 0 Å². The van der Waals surface area contributed by atoms with Gasteiger partial charge < -0.3 is 5.73 Å². The van der Waals surface area contributed by atoms with E-state index < -0.39 is 0 Å². The number of nitrogens with two attached hydrogens (primary N) is 1. The van der Waals surface area contributed by atoms with E-state index in [4.69, 9.17) is 17.3 Å². The van der Waals surface area contributed by atoms with Crippen LogP contribution in [0.2, 0.25) is 5.02 Å². The Bertz CT molecular complexity index is 601. The molecule has 0 aliphatic heterocycles. The zero-order chi connectivity index (χ0) is 14.0. The number of rotatable bonds is 3. The molecule has 0 heterocycles. The van der Waals surface area contributed by atoms with E-state index in [-0.39, 0.29) is 16.9 Å². The highest BCUT2D eigenvalue weighted by Crippen LogP contribution is 2.27. The minimum atomic E-state index is -0.386. The number of hydrogen-bond donors (Lipinski definition) is 1. The van der Waals surface area contributed by atoms with E-state index in [0.717, 1.165) is 15.6 Å². The van der Waals surface area contributed by atoms with Crippen molar-refractivity contribution in [2.24, 2.45) is 5.73 Å². The van der Waals surface area contributed by atoms with E-state index in [1.807, 2.05) is 25.1 Å². The van der Waals surface area contributed by atoms with Gasteiger partial charge in [0.25, 0.3) is 0 Å². The molecule has 0 bridgehead atoms. The van der Waals surface area contributed by atoms with Crippen LogP contribution in [0.5, 0.6) is 0 Å². The Hall–Kier alpha value is -0.900. The zero-order valence-electron chi connectivity index (χ0n) is 10.5. The highest BCUT2D eigenvalue weighted by atomic mass is 79.9. The summed E-state index contributed by atoms with van der Waals surface area (Å²) in [5.74, 6) is -0.386. The van der Waals surface area contributed by atoms with E-state index in [1.54, 1.807) is 12.1 Å². The third kappa shape index (κ3) is 3.35. The van der Waals surface area contributed by atoms with Crippen molar-refractivity contribution >= 4 is 27.5 Å². The molecule has 100 valence electrons. The van der Waals surface area contributed by atoms with Gasteiger partial charge in [0, 0.05) is 10.5 Å². The first-order chi connectivity index (χ1) is 8.99. The highest BCUT2D eigenvalue weighted by Gasteiger charge is 2.14. The molecular formula is C15H14BrClFN. The van der Waals surface area contributed by atoms with Crippen LogP contribution in [0.15, 0.2) is 40.9 Å². The number of benzene rings is 2. The Labute approximate surface area is 125 Å². The van der Waals surface area contributed by atoms with E-state index in [0.29, 0.717) is 12.0 Å². The van der Waals surface area contributed by atoms with Crippen molar-refractivity contribution in [3.05, 3.63) is 68.4 Å². The van der Waals surface area contributed by atoms with Gasteiger partial charge in [0.1, 0.15) is 5.82 Å². The average molecular weight is 343 g/mol. The molecule has 1 unspecified atom stereocenters. The van der Waals surface area contributed by atoms with Gasteiger partial charge in [0.2, 0.25) is 0 Å². The Kier molecular flexibility index (Phi) is 4.61. The highest BCUT2D eigenvalue weighted by molar-refractivity contribution is 9.10. The first-order valence-electron chi connectivity index (χ1n) is 5.93. The third-order valence-corrected chi connectivity index (χ3v) is 4.04. The Morgan fingerprint density at radius 1 is 1.32 bits per heavy atom. The van der Waals surface area contributed by atoms with E-state index in [9.17, 15) is 4.39 Å². The molecule has 0 spiro atoms. The first-order valence-corrected chi connectivity index (χ1v) is 7.10. The summed E-state index contributed by atoms with van der Waals surface area (Å²) in [5.41, 5.74) is 8.81. The second-order valence-electron chi connectivity index (χ2n) is 4.55. The fourth-order valence-electron chi connectivity index (χ4n) is 2.00. The van der Waals surface area contributed by atoms with Crippen LogP contribution in [-0.2, 0) is 6.42 Å². The maximum absolute atomic E-state index is 13.9. The van der Waals surface area contributed by atoms with Crippen LogP contribution in [0.4, 0.5) is 4.39 Å². The second-order valence-corrected chi connectivity index (χ2v) is 5.81. The molecule has 0 aromatic heterocycles. The molecule has 2 aromatic carbocycles. The smallest absolute Gasteiger partial charge is 0.145 e. The van der Waals surface area contributed by atoms with Gasteiger partial charge in [-0.05, 0) is 36.6 Å². The molecule has 0 amide bonds. The van der Waals surface area contributed by atoms with Crippen molar-refractivity contribution in [1.82, 2.24) is 0 Å². The van der Waals surface area contributed by atoms with Crippen LogP contribution in [0.3, 0.4) is 0 Å². The summed E-state index contributed by atoms with van der Waals surface area (Å²) in [4.78, 5) is 0. The van der Waals surface area contributed by atoms with Crippen molar-refractivity contribution < 1.29 is 4.39 Å². The predicted octanol–water partition coefficient (Wildman–Crippen LogP) is 4.79. The van der Waals surface area contributed by atoms with Gasteiger partial charge in [0.05, 0.1) is 5.02 Å². The van der Waals surface area contributed by atoms with Gasteiger partial charge >= 0.3 is 0 Å². The summed E-state index contributed by atoms with van der Waals surface area (Å²) in [6.07, 6.45) is 0.411. The summed E-state index contributed by atoms with van der Waals surface area (Å²) in [5, 5.41) is 0.132. The van der Waals surface area contributed by atoms with Gasteiger partial charge in [-0.1, -0.05) is 57.4 Å². The molecule has 1 atom stereocenters. The topological polar surface area (TPSA) is 26.0 Å². The lowest BCUT2D eigenvalue weighted by atomic mass is 9.98. The molecule has 0 fully saturated rings. The molecule has 2 aromatic rings. The van der Waals surface area contributed by atoms with Crippen LogP contribution in [0.1, 0.15) is 22.7 Å². The summed E-state index contributed by atoms with van der Waals surface area (Å²) in [6.45, 7) is 2.00. The Balaban J connectivity index is 2.28. The minimum Gasteiger partial charge on any atom is -0.324 e. The standard InChI is InChI=1S/C15H14BrClFN/c1-9-5-6-12(16)11(7-9)14(19)8-10-3-2-4-13(17)15(10)18/h2-7,14H,8,19H2,1H3. The SMILES string of the molecule is Cc1ccc(Br)c(C(N)Cc2cccc(Cl)c2F)c1. The van der Waals surface area contributed by atoms with Crippen LogP contribution in [-0.4, -0.2) is 0 Å². The monoisotopic (exact) mass is 341 g/mol. The van der Waals surface area contributed by atoms with Crippen LogP contribution < -0.4 is 5.73 Å². The van der Waals surface area contributed by atoms with Crippen molar-refractivity contribution in [2.45, 2.75) is 19.4 Å². The van der Waals surface area contributed by atoms with E-state index >= 15 is 0 Å². The fraction of sp³-hybridized carbons (Fsp3) is 0.200. The molecule has 0 saturated carbocycles. The molecule has 2 rings (SSSR count). The molecule has 0 saturated heterocycles.